The molecule has 0 aliphatic rings. The quantitative estimate of drug-likeness (QED) is 0.473. The minimum Gasteiger partial charge on any atom is -0.480 e. The van der Waals surface area contributed by atoms with Gasteiger partial charge in [0, 0.05) is 19.7 Å². The lowest BCUT2D eigenvalue weighted by atomic mass is 10.2. The summed E-state index contributed by atoms with van der Waals surface area (Å²) in [6.07, 6.45) is -0.749. The second-order valence-electron chi connectivity index (χ2n) is 3.66. The van der Waals surface area contributed by atoms with Crippen molar-refractivity contribution in [3.63, 3.8) is 0 Å². The normalized spacial score (nSPS) is 13.9. The molecule has 4 N–H and O–H groups in total. The molecule has 7 nitrogen and oxygen atoms in total. The molecule has 0 bridgehead atoms. The number of carbonyl (C=O) groups excluding carboxylic acids is 1. The Hall–Kier alpha value is -1.34. The van der Waals surface area contributed by atoms with Crippen LogP contribution in [0.1, 0.15) is 20.3 Å². The monoisotopic (exact) mass is 248 g/mol. The van der Waals surface area contributed by atoms with E-state index < -0.39 is 24.1 Å². The van der Waals surface area contributed by atoms with Gasteiger partial charge in [0.25, 0.3) is 0 Å². The number of aliphatic carboxylic acids is 1. The lowest BCUT2D eigenvalue weighted by molar-refractivity contribution is -0.141. The van der Waals surface area contributed by atoms with E-state index >= 15 is 0 Å². The smallest absolute Gasteiger partial charge is 0.328 e. The predicted molar refractivity (Wildman–Crippen MR) is 60.6 cm³/mol. The number of rotatable bonds is 7. The van der Waals surface area contributed by atoms with Crippen molar-refractivity contribution in [2.75, 3.05) is 19.7 Å². The van der Waals surface area contributed by atoms with Crippen molar-refractivity contribution in [2.45, 2.75) is 32.4 Å². The van der Waals surface area contributed by atoms with Gasteiger partial charge in [0.2, 0.25) is 0 Å². The van der Waals surface area contributed by atoms with Gasteiger partial charge < -0.3 is 25.5 Å². The van der Waals surface area contributed by atoms with E-state index in [1.807, 2.05) is 0 Å². The topological polar surface area (TPSA) is 110 Å². The molecule has 0 spiro atoms. The molecule has 0 aliphatic heterocycles. The number of nitrogens with one attached hydrogen (secondary N) is 1. The lowest BCUT2D eigenvalue weighted by Crippen LogP contribution is -2.52. The highest BCUT2D eigenvalue weighted by atomic mass is 16.4. The number of carboxylic acids is 1. The first-order valence-corrected chi connectivity index (χ1v) is 5.51. The van der Waals surface area contributed by atoms with Crippen LogP contribution in [0.4, 0.5) is 4.79 Å². The van der Waals surface area contributed by atoms with Crippen LogP contribution in [0.25, 0.3) is 0 Å². The second-order valence-corrected chi connectivity index (χ2v) is 3.66. The van der Waals surface area contributed by atoms with Gasteiger partial charge in [-0.25, -0.2) is 9.59 Å². The summed E-state index contributed by atoms with van der Waals surface area (Å²) in [4.78, 5) is 23.8. The van der Waals surface area contributed by atoms with Crippen LogP contribution in [0.5, 0.6) is 0 Å². The third-order valence-corrected chi connectivity index (χ3v) is 2.28. The summed E-state index contributed by atoms with van der Waals surface area (Å²) in [5.74, 6) is -1.29. The largest absolute Gasteiger partial charge is 0.480 e. The first-order valence-electron chi connectivity index (χ1n) is 5.51. The number of urea groups is 1. The van der Waals surface area contributed by atoms with Gasteiger partial charge in [-0.2, -0.15) is 0 Å². The average molecular weight is 248 g/mol. The molecule has 0 saturated heterocycles. The number of hydrogen-bond acceptors (Lipinski definition) is 4. The number of aliphatic hydroxyl groups is 2. The van der Waals surface area contributed by atoms with Crippen LogP contribution in [0.2, 0.25) is 0 Å². The van der Waals surface area contributed by atoms with Crippen molar-refractivity contribution in [3.8, 4) is 0 Å². The molecule has 100 valence electrons. The van der Waals surface area contributed by atoms with Gasteiger partial charge >= 0.3 is 12.0 Å². The van der Waals surface area contributed by atoms with Crippen LogP contribution >= 0.6 is 0 Å². The fraction of sp³-hybridized carbons (Fsp3) is 0.800. The fourth-order valence-corrected chi connectivity index (χ4v) is 1.28. The van der Waals surface area contributed by atoms with Crippen LogP contribution < -0.4 is 5.32 Å². The number of amides is 2. The third-order valence-electron chi connectivity index (χ3n) is 2.28. The van der Waals surface area contributed by atoms with Gasteiger partial charge in [-0.05, 0) is 20.3 Å². The Bertz CT molecular complexity index is 257. The van der Waals surface area contributed by atoms with Crippen molar-refractivity contribution in [1.29, 1.82) is 0 Å². The van der Waals surface area contributed by atoms with Crippen molar-refractivity contribution in [2.24, 2.45) is 0 Å². The maximum Gasteiger partial charge on any atom is 0.328 e. The molecule has 0 saturated carbocycles. The Kier molecular flexibility index (Phi) is 7.24. The van der Waals surface area contributed by atoms with Crippen molar-refractivity contribution >= 4 is 12.0 Å². The Morgan fingerprint density at radius 2 is 2.00 bits per heavy atom. The summed E-state index contributed by atoms with van der Waals surface area (Å²) < 4.78 is 0. The first-order chi connectivity index (χ1) is 7.93. The molecule has 0 radical (unpaired) electrons. The molecule has 0 aromatic rings. The standard InChI is InChI=1S/C10H20N2O5/c1-3-12(5-4-6-13)10(17)11-8(7(2)14)9(15)16/h7-8,13-14H,3-6H2,1-2H3,(H,11,17)(H,15,16)/t7-,8+/m1/s1. The molecular formula is C10H20N2O5. The van der Waals surface area contributed by atoms with E-state index in [0.29, 0.717) is 19.5 Å². The zero-order chi connectivity index (χ0) is 13.4. The molecule has 2 amide bonds. The van der Waals surface area contributed by atoms with E-state index in [-0.39, 0.29) is 6.61 Å². The Morgan fingerprint density at radius 3 is 2.35 bits per heavy atom. The van der Waals surface area contributed by atoms with Crippen LogP contribution in [0, 0.1) is 0 Å². The minimum absolute atomic E-state index is 0.0391. The fourth-order valence-electron chi connectivity index (χ4n) is 1.28. The van der Waals surface area contributed by atoms with Gasteiger partial charge in [0.15, 0.2) is 6.04 Å². The summed E-state index contributed by atoms with van der Waals surface area (Å²) in [5, 5.41) is 28.9. The molecule has 0 aromatic carbocycles. The zero-order valence-electron chi connectivity index (χ0n) is 10.1. The average Bonchev–Trinajstić information content (AvgIpc) is 2.26. The molecule has 0 heterocycles. The molecule has 0 rings (SSSR count). The molecular weight excluding hydrogens is 228 g/mol. The summed E-state index contributed by atoms with van der Waals surface area (Å²) in [5.41, 5.74) is 0. The predicted octanol–water partition coefficient (Wildman–Crippen LogP) is -0.766. The molecule has 0 unspecified atom stereocenters. The second kappa shape index (κ2) is 7.86. The Labute approximate surface area is 100 Å². The van der Waals surface area contributed by atoms with Crippen molar-refractivity contribution < 1.29 is 24.9 Å². The first kappa shape index (κ1) is 15.7. The van der Waals surface area contributed by atoms with Gasteiger partial charge in [0.05, 0.1) is 6.10 Å². The molecule has 0 aliphatic carbocycles. The van der Waals surface area contributed by atoms with E-state index in [1.165, 1.54) is 11.8 Å². The number of hydrogen-bond donors (Lipinski definition) is 4. The van der Waals surface area contributed by atoms with E-state index in [4.69, 9.17) is 10.2 Å². The van der Waals surface area contributed by atoms with Crippen LogP contribution in [0.3, 0.4) is 0 Å². The maximum absolute atomic E-state index is 11.7. The molecule has 17 heavy (non-hydrogen) atoms. The van der Waals surface area contributed by atoms with E-state index in [1.54, 1.807) is 6.92 Å². The molecule has 2 atom stereocenters. The van der Waals surface area contributed by atoms with Gasteiger partial charge in [-0.1, -0.05) is 0 Å². The highest BCUT2D eigenvalue weighted by Crippen LogP contribution is 1.98. The maximum atomic E-state index is 11.7. The number of carboxylic acid groups (broad SMARTS) is 1. The summed E-state index contributed by atoms with van der Waals surface area (Å²) in [6.45, 7) is 3.74. The Balaban J connectivity index is 4.41. The third kappa shape index (κ3) is 5.50. The van der Waals surface area contributed by atoms with Crippen molar-refractivity contribution in [3.05, 3.63) is 0 Å². The Morgan fingerprint density at radius 1 is 1.41 bits per heavy atom. The highest BCUT2D eigenvalue weighted by Gasteiger charge is 2.26. The van der Waals surface area contributed by atoms with Crippen LogP contribution in [-0.4, -0.2) is 64.1 Å². The summed E-state index contributed by atoms with van der Waals surface area (Å²) in [7, 11) is 0. The minimum atomic E-state index is -1.33. The van der Waals surface area contributed by atoms with E-state index in [0.717, 1.165) is 0 Å². The lowest BCUT2D eigenvalue weighted by Gasteiger charge is -2.24. The van der Waals surface area contributed by atoms with E-state index in [9.17, 15) is 14.7 Å². The zero-order valence-corrected chi connectivity index (χ0v) is 10.1. The van der Waals surface area contributed by atoms with Gasteiger partial charge in [-0.15, -0.1) is 0 Å². The van der Waals surface area contributed by atoms with Crippen LogP contribution in [0.15, 0.2) is 0 Å². The summed E-state index contributed by atoms with van der Waals surface area (Å²) in [6, 6.07) is -1.89. The van der Waals surface area contributed by atoms with E-state index in [2.05, 4.69) is 5.32 Å². The van der Waals surface area contributed by atoms with Crippen LogP contribution in [-0.2, 0) is 4.79 Å². The number of nitrogens with zero attached hydrogens (tertiary/aromatic N) is 1. The highest BCUT2D eigenvalue weighted by molar-refractivity contribution is 5.83. The summed E-state index contributed by atoms with van der Waals surface area (Å²) >= 11 is 0. The number of carbonyl (C=O) groups is 2. The molecule has 7 heteroatoms. The van der Waals surface area contributed by atoms with Gasteiger partial charge in [0.1, 0.15) is 0 Å². The SMILES string of the molecule is CCN(CCCO)C(=O)N[C@H](C(=O)O)[C@@H](C)O. The number of aliphatic hydroxyl groups excluding tert-OH is 2. The molecule has 0 fully saturated rings. The van der Waals surface area contributed by atoms with Gasteiger partial charge in [-0.3, -0.25) is 0 Å². The van der Waals surface area contributed by atoms with Crippen molar-refractivity contribution in [1.82, 2.24) is 10.2 Å². The molecule has 0 aromatic heterocycles.